The van der Waals surface area contributed by atoms with E-state index in [9.17, 15) is 13.2 Å². The van der Waals surface area contributed by atoms with Crippen LogP contribution in [0.15, 0.2) is 24.5 Å². The van der Waals surface area contributed by atoms with Gasteiger partial charge in [-0.1, -0.05) is 0 Å². The second kappa shape index (κ2) is 3.75. The second-order valence-corrected chi connectivity index (χ2v) is 4.03. The maximum absolute atomic E-state index is 12.3. The molecule has 0 radical (unpaired) electrons. The minimum absolute atomic E-state index is 0.263. The number of anilines is 1. The van der Waals surface area contributed by atoms with Crippen molar-refractivity contribution in [3.63, 3.8) is 0 Å². The summed E-state index contributed by atoms with van der Waals surface area (Å²) in [4.78, 5) is 7.50. The van der Waals surface area contributed by atoms with E-state index in [2.05, 4.69) is 9.97 Å². The number of hydrogen-bond donors (Lipinski definition) is 1. The topological polar surface area (TPSA) is 51.8 Å². The Kier molecular flexibility index (Phi) is 2.55. The molecule has 0 unspecified atom stereocenters. The summed E-state index contributed by atoms with van der Waals surface area (Å²) in [6.07, 6.45) is -1.78. The highest BCUT2D eigenvalue weighted by atomic mass is 32.1. The number of halogens is 3. The number of nitrogen functional groups attached to an aromatic ring is 1. The number of nitrogens with two attached hydrogens (primary N) is 1. The molecule has 16 heavy (non-hydrogen) atoms. The van der Waals surface area contributed by atoms with Crippen molar-refractivity contribution in [2.45, 2.75) is 6.18 Å². The molecule has 2 aromatic rings. The van der Waals surface area contributed by atoms with Crippen molar-refractivity contribution in [3.8, 4) is 10.4 Å². The third kappa shape index (κ3) is 2.13. The van der Waals surface area contributed by atoms with Gasteiger partial charge in [-0.3, -0.25) is 0 Å². The molecular formula is C9H6F3N3S. The molecule has 2 rings (SSSR count). The number of thiazole rings is 1. The Labute approximate surface area is 92.8 Å². The first-order valence-corrected chi connectivity index (χ1v) is 5.03. The average Bonchev–Trinajstić information content (AvgIpc) is 2.65. The van der Waals surface area contributed by atoms with E-state index in [-0.39, 0.29) is 5.82 Å². The lowest BCUT2D eigenvalue weighted by molar-refractivity contribution is -0.137. The van der Waals surface area contributed by atoms with Crippen molar-refractivity contribution in [1.29, 1.82) is 0 Å². The van der Waals surface area contributed by atoms with Gasteiger partial charge in [-0.25, -0.2) is 9.97 Å². The van der Waals surface area contributed by atoms with Gasteiger partial charge in [-0.05, 0) is 17.7 Å². The summed E-state index contributed by atoms with van der Waals surface area (Å²) in [5.41, 5.74) is 6.02. The molecule has 7 heteroatoms. The van der Waals surface area contributed by atoms with Gasteiger partial charge in [0, 0.05) is 12.4 Å². The largest absolute Gasteiger partial charge is 0.443 e. The Hall–Kier alpha value is -1.63. The first kappa shape index (κ1) is 10.9. The fourth-order valence-corrected chi connectivity index (χ4v) is 1.92. The van der Waals surface area contributed by atoms with E-state index >= 15 is 0 Å². The van der Waals surface area contributed by atoms with Crippen LogP contribution < -0.4 is 5.73 Å². The number of nitrogens with zero attached hydrogens (tertiary/aromatic N) is 2. The van der Waals surface area contributed by atoms with Crippen molar-refractivity contribution >= 4 is 17.2 Å². The second-order valence-electron chi connectivity index (χ2n) is 3.00. The van der Waals surface area contributed by atoms with Crippen LogP contribution in [0.2, 0.25) is 0 Å². The van der Waals surface area contributed by atoms with Gasteiger partial charge in [0.05, 0.1) is 4.88 Å². The average molecular weight is 245 g/mol. The third-order valence-electron chi connectivity index (χ3n) is 1.81. The van der Waals surface area contributed by atoms with Gasteiger partial charge in [-0.15, -0.1) is 11.3 Å². The van der Waals surface area contributed by atoms with Crippen LogP contribution in [0, 0.1) is 0 Å². The molecule has 84 valence electrons. The van der Waals surface area contributed by atoms with E-state index in [1.807, 2.05) is 0 Å². The lowest BCUT2D eigenvalue weighted by Gasteiger charge is -1.99. The smallest absolute Gasteiger partial charge is 0.384 e. The van der Waals surface area contributed by atoms with Gasteiger partial charge in [0.25, 0.3) is 0 Å². The van der Waals surface area contributed by atoms with Gasteiger partial charge in [0.15, 0.2) is 5.01 Å². The van der Waals surface area contributed by atoms with E-state index in [1.165, 1.54) is 18.5 Å². The Bertz CT molecular complexity index is 507. The van der Waals surface area contributed by atoms with Gasteiger partial charge >= 0.3 is 6.18 Å². The highest BCUT2D eigenvalue weighted by Crippen LogP contribution is 2.36. The van der Waals surface area contributed by atoms with Gasteiger partial charge in [-0.2, -0.15) is 13.2 Å². The van der Waals surface area contributed by atoms with Crippen LogP contribution >= 0.6 is 11.3 Å². The molecule has 2 N–H and O–H groups in total. The van der Waals surface area contributed by atoms with Crippen LogP contribution in [0.5, 0.6) is 0 Å². The maximum Gasteiger partial charge on any atom is 0.443 e. The molecule has 0 aromatic carbocycles. The Morgan fingerprint density at radius 3 is 2.56 bits per heavy atom. The van der Waals surface area contributed by atoms with Crippen molar-refractivity contribution in [3.05, 3.63) is 29.5 Å². The van der Waals surface area contributed by atoms with Gasteiger partial charge in [0.2, 0.25) is 0 Å². The molecule has 0 spiro atoms. The predicted octanol–water partition coefficient (Wildman–Crippen LogP) is 2.81. The zero-order valence-electron chi connectivity index (χ0n) is 7.82. The summed E-state index contributed by atoms with van der Waals surface area (Å²) in [6.45, 7) is 0. The minimum atomic E-state index is -4.40. The monoisotopic (exact) mass is 245 g/mol. The quantitative estimate of drug-likeness (QED) is 0.840. The van der Waals surface area contributed by atoms with E-state index in [0.29, 0.717) is 21.8 Å². The molecule has 0 aliphatic rings. The first-order valence-electron chi connectivity index (χ1n) is 4.22. The summed E-state index contributed by atoms with van der Waals surface area (Å²) in [5.74, 6) is 0.263. The molecule has 0 saturated heterocycles. The molecule has 3 nitrogen and oxygen atoms in total. The highest BCUT2D eigenvalue weighted by molar-refractivity contribution is 7.15. The van der Waals surface area contributed by atoms with E-state index in [4.69, 9.17) is 5.73 Å². The van der Waals surface area contributed by atoms with Crippen molar-refractivity contribution in [2.24, 2.45) is 0 Å². The summed E-state index contributed by atoms with van der Waals surface area (Å²) in [7, 11) is 0. The Morgan fingerprint density at radius 2 is 2.00 bits per heavy atom. The lowest BCUT2D eigenvalue weighted by atomic mass is 10.2. The number of hydrogen-bond acceptors (Lipinski definition) is 4. The summed E-state index contributed by atoms with van der Waals surface area (Å²) in [6, 6.07) is 3.09. The van der Waals surface area contributed by atoms with Crippen LogP contribution in [0.3, 0.4) is 0 Å². The fourth-order valence-electron chi connectivity index (χ4n) is 1.14. The molecule has 0 atom stereocenters. The molecule has 0 fully saturated rings. The fraction of sp³-hybridized carbons (Fsp3) is 0.111. The van der Waals surface area contributed by atoms with Crippen molar-refractivity contribution in [1.82, 2.24) is 9.97 Å². The molecule has 2 aromatic heterocycles. The number of aromatic nitrogens is 2. The SMILES string of the molecule is Nc1cc(-c2cnc(C(F)(F)F)s2)ccn1. The van der Waals surface area contributed by atoms with E-state index in [0.717, 1.165) is 0 Å². The van der Waals surface area contributed by atoms with Crippen LogP contribution in [0.25, 0.3) is 10.4 Å². The third-order valence-corrected chi connectivity index (χ3v) is 2.91. The van der Waals surface area contributed by atoms with Crippen molar-refractivity contribution in [2.75, 3.05) is 5.73 Å². The first-order chi connectivity index (χ1) is 7.47. The predicted molar refractivity (Wildman–Crippen MR) is 54.8 cm³/mol. The number of rotatable bonds is 1. The summed E-state index contributed by atoms with van der Waals surface area (Å²) < 4.78 is 36.9. The van der Waals surface area contributed by atoms with E-state index in [1.54, 1.807) is 6.07 Å². The maximum atomic E-state index is 12.3. The summed E-state index contributed by atoms with van der Waals surface area (Å²) in [5, 5.41) is -0.863. The Morgan fingerprint density at radius 1 is 1.25 bits per heavy atom. The van der Waals surface area contributed by atoms with Crippen LogP contribution in [0.4, 0.5) is 19.0 Å². The standard InChI is InChI=1S/C9H6F3N3S/c10-9(11,12)8-15-4-6(16-8)5-1-2-14-7(13)3-5/h1-4H,(H2,13,14). The molecular weight excluding hydrogens is 239 g/mol. The molecule has 0 bridgehead atoms. The summed E-state index contributed by atoms with van der Waals surface area (Å²) >= 11 is 0.582. The van der Waals surface area contributed by atoms with Crippen LogP contribution in [0.1, 0.15) is 5.01 Å². The normalized spacial score (nSPS) is 11.7. The van der Waals surface area contributed by atoms with Crippen LogP contribution in [-0.4, -0.2) is 9.97 Å². The van der Waals surface area contributed by atoms with Crippen molar-refractivity contribution < 1.29 is 13.2 Å². The minimum Gasteiger partial charge on any atom is -0.384 e. The Balaban J connectivity index is 2.39. The molecule has 2 heterocycles. The molecule has 0 aliphatic heterocycles. The number of alkyl halides is 3. The van der Waals surface area contributed by atoms with Gasteiger partial charge in [0.1, 0.15) is 5.82 Å². The zero-order valence-corrected chi connectivity index (χ0v) is 8.64. The molecule has 0 saturated carbocycles. The van der Waals surface area contributed by atoms with E-state index < -0.39 is 11.2 Å². The van der Waals surface area contributed by atoms with Crippen LogP contribution in [-0.2, 0) is 6.18 Å². The molecule has 0 aliphatic carbocycles. The van der Waals surface area contributed by atoms with Gasteiger partial charge < -0.3 is 5.73 Å². The lowest BCUT2D eigenvalue weighted by Crippen LogP contribution is -2.02. The highest BCUT2D eigenvalue weighted by Gasteiger charge is 2.34. The number of pyridine rings is 1. The zero-order chi connectivity index (χ0) is 11.8. The molecule has 0 amide bonds.